The van der Waals surface area contributed by atoms with Crippen molar-refractivity contribution in [1.82, 2.24) is 14.8 Å². The standard InChI is InChI=1S/C17H17Cl2N3O2/c18-11-2-3-12(23)15(16(11)19)8-5-14-20-21-17(22(14)7-8)10-6-9-1-4-13(10)24-9/h2-3,8-10,13,23H,1,4-7H2/t8-,9+,10-,13-/m1/s1. The van der Waals surface area contributed by atoms with Crippen molar-refractivity contribution < 1.29 is 9.84 Å². The first-order valence-corrected chi connectivity index (χ1v) is 9.11. The van der Waals surface area contributed by atoms with Gasteiger partial charge < -0.3 is 14.4 Å². The van der Waals surface area contributed by atoms with Crippen molar-refractivity contribution in [2.75, 3.05) is 0 Å². The number of aromatic nitrogens is 3. The third-order valence-electron chi connectivity index (χ3n) is 5.64. The molecule has 7 heteroatoms. The number of hydrogen-bond acceptors (Lipinski definition) is 4. The second kappa shape index (κ2) is 5.35. The Morgan fingerprint density at radius 1 is 1.21 bits per heavy atom. The van der Waals surface area contributed by atoms with E-state index in [1.807, 2.05) is 0 Å². The topological polar surface area (TPSA) is 60.2 Å². The molecule has 0 radical (unpaired) electrons. The van der Waals surface area contributed by atoms with E-state index in [0.717, 1.165) is 37.5 Å². The van der Waals surface area contributed by atoms with Crippen molar-refractivity contribution in [3.05, 3.63) is 39.4 Å². The molecular weight excluding hydrogens is 349 g/mol. The summed E-state index contributed by atoms with van der Waals surface area (Å²) in [6.45, 7) is 0.721. The smallest absolute Gasteiger partial charge is 0.138 e. The number of phenols is 1. The predicted octanol–water partition coefficient (Wildman–Crippen LogP) is 3.67. The van der Waals surface area contributed by atoms with Gasteiger partial charge in [0.2, 0.25) is 0 Å². The molecule has 1 aromatic heterocycles. The molecule has 0 spiro atoms. The Labute approximate surface area is 149 Å². The molecule has 3 aliphatic heterocycles. The highest BCUT2D eigenvalue weighted by molar-refractivity contribution is 6.42. The van der Waals surface area contributed by atoms with Crippen LogP contribution in [-0.4, -0.2) is 32.1 Å². The van der Waals surface area contributed by atoms with E-state index >= 15 is 0 Å². The molecule has 5 nitrogen and oxygen atoms in total. The molecule has 0 saturated carbocycles. The van der Waals surface area contributed by atoms with Crippen LogP contribution >= 0.6 is 23.2 Å². The Morgan fingerprint density at radius 3 is 2.83 bits per heavy atom. The van der Waals surface area contributed by atoms with Crippen LogP contribution in [0.5, 0.6) is 5.75 Å². The van der Waals surface area contributed by atoms with Crippen LogP contribution in [0.2, 0.25) is 10.0 Å². The maximum absolute atomic E-state index is 10.3. The summed E-state index contributed by atoms with van der Waals surface area (Å²) in [7, 11) is 0. The fourth-order valence-corrected chi connectivity index (χ4v) is 5.00. The molecule has 0 unspecified atom stereocenters. The van der Waals surface area contributed by atoms with Gasteiger partial charge in [-0.3, -0.25) is 0 Å². The van der Waals surface area contributed by atoms with Gasteiger partial charge in [-0.15, -0.1) is 10.2 Å². The van der Waals surface area contributed by atoms with E-state index in [1.165, 1.54) is 0 Å². The zero-order chi connectivity index (χ0) is 16.4. The third kappa shape index (κ3) is 2.11. The first kappa shape index (κ1) is 15.0. The molecule has 0 amide bonds. The lowest BCUT2D eigenvalue weighted by atomic mass is 9.88. The molecule has 1 N–H and O–H groups in total. The lowest BCUT2D eigenvalue weighted by Gasteiger charge is -2.19. The number of halogens is 2. The van der Waals surface area contributed by atoms with E-state index in [9.17, 15) is 5.11 Å². The SMILES string of the molecule is Oc1ccc(Cl)c(Cl)c1[C@@H]1Cc2nnc([C@@H]3C[C@@H]4CC[C@H]3O4)n2C1. The van der Waals surface area contributed by atoms with Gasteiger partial charge >= 0.3 is 0 Å². The monoisotopic (exact) mass is 365 g/mol. The summed E-state index contributed by atoms with van der Waals surface area (Å²) < 4.78 is 8.16. The fraction of sp³-hybridized carbons (Fsp3) is 0.529. The molecule has 4 atom stereocenters. The highest BCUT2D eigenvalue weighted by Crippen LogP contribution is 2.46. The van der Waals surface area contributed by atoms with Gasteiger partial charge in [0, 0.05) is 30.4 Å². The Morgan fingerprint density at radius 2 is 2.08 bits per heavy atom. The van der Waals surface area contributed by atoms with E-state index in [0.29, 0.717) is 34.1 Å². The van der Waals surface area contributed by atoms with Crippen LogP contribution < -0.4 is 0 Å². The minimum absolute atomic E-state index is 0.0694. The zero-order valence-corrected chi connectivity index (χ0v) is 14.5. The molecule has 4 heterocycles. The first-order chi connectivity index (χ1) is 11.6. The van der Waals surface area contributed by atoms with Gasteiger partial charge in [-0.2, -0.15) is 0 Å². The number of aromatic hydroxyl groups is 1. The molecule has 24 heavy (non-hydrogen) atoms. The number of nitrogens with zero attached hydrogens (tertiary/aromatic N) is 3. The Hall–Kier alpha value is -1.30. The van der Waals surface area contributed by atoms with Crippen LogP contribution in [0.1, 0.15) is 48.3 Å². The van der Waals surface area contributed by atoms with E-state index in [4.69, 9.17) is 27.9 Å². The maximum atomic E-state index is 10.3. The first-order valence-electron chi connectivity index (χ1n) is 8.36. The quantitative estimate of drug-likeness (QED) is 0.881. The molecule has 1 aromatic carbocycles. The highest BCUT2D eigenvalue weighted by atomic mass is 35.5. The molecule has 126 valence electrons. The summed E-state index contributed by atoms with van der Waals surface area (Å²) in [6, 6.07) is 3.23. The molecule has 0 aliphatic carbocycles. The van der Waals surface area contributed by atoms with Crippen LogP contribution in [0.15, 0.2) is 12.1 Å². The largest absolute Gasteiger partial charge is 0.508 e. The van der Waals surface area contributed by atoms with Crippen LogP contribution in [0.3, 0.4) is 0 Å². The van der Waals surface area contributed by atoms with E-state index in [-0.39, 0.29) is 17.8 Å². The molecule has 2 aromatic rings. The highest BCUT2D eigenvalue weighted by Gasteiger charge is 2.45. The second-order valence-corrected chi connectivity index (χ2v) is 7.78. The Kier molecular flexibility index (Phi) is 3.34. The average Bonchev–Trinajstić information content (AvgIpc) is 3.30. The number of phenolic OH excluding ortho intramolecular Hbond substituents is 1. The van der Waals surface area contributed by atoms with Gasteiger partial charge in [-0.05, 0) is 31.4 Å². The van der Waals surface area contributed by atoms with E-state index in [1.54, 1.807) is 12.1 Å². The van der Waals surface area contributed by atoms with Crippen molar-refractivity contribution >= 4 is 23.2 Å². The molecule has 3 aliphatic rings. The van der Waals surface area contributed by atoms with Gasteiger partial charge in [0.1, 0.15) is 17.4 Å². The summed E-state index contributed by atoms with van der Waals surface area (Å²) in [6.07, 6.45) is 4.69. The minimum atomic E-state index is 0.0694. The molecule has 5 rings (SSSR count). The summed E-state index contributed by atoms with van der Waals surface area (Å²) in [4.78, 5) is 0. The van der Waals surface area contributed by atoms with Crippen molar-refractivity contribution in [2.24, 2.45) is 0 Å². The van der Waals surface area contributed by atoms with Crippen LogP contribution in [0, 0.1) is 0 Å². The van der Waals surface area contributed by atoms with E-state index in [2.05, 4.69) is 14.8 Å². The normalized spacial score (nSPS) is 30.9. The number of hydrogen-bond donors (Lipinski definition) is 1. The Bertz CT molecular complexity index is 822. The number of benzene rings is 1. The zero-order valence-electron chi connectivity index (χ0n) is 13.0. The van der Waals surface area contributed by atoms with Crippen molar-refractivity contribution in [3.63, 3.8) is 0 Å². The van der Waals surface area contributed by atoms with Crippen molar-refractivity contribution in [3.8, 4) is 5.75 Å². The predicted molar refractivity (Wildman–Crippen MR) is 89.8 cm³/mol. The third-order valence-corrected chi connectivity index (χ3v) is 6.46. The van der Waals surface area contributed by atoms with Crippen LogP contribution in [0.25, 0.3) is 0 Å². The summed E-state index contributed by atoms with van der Waals surface area (Å²) >= 11 is 12.5. The van der Waals surface area contributed by atoms with Crippen LogP contribution in [-0.2, 0) is 17.7 Å². The summed E-state index contributed by atoms with van der Waals surface area (Å²) in [5, 5.41) is 20.0. The van der Waals surface area contributed by atoms with Crippen LogP contribution in [0.4, 0.5) is 0 Å². The molecule has 2 saturated heterocycles. The van der Waals surface area contributed by atoms with Crippen molar-refractivity contribution in [2.45, 2.75) is 56.3 Å². The molecular formula is C17H17Cl2N3O2. The van der Waals surface area contributed by atoms with Gasteiger partial charge in [0.05, 0.1) is 22.3 Å². The number of rotatable bonds is 2. The maximum Gasteiger partial charge on any atom is 0.138 e. The second-order valence-electron chi connectivity index (χ2n) is 7.00. The number of fused-ring (bicyclic) bond motifs is 3. The lowest BCUT2D eigenvalue weighted by Crippen LogP contribution is -2.19. The fourth-order valence-electron chi connectivity index (χ4n) is 4.53. The number of ether oxygens (including phenoxy) is 1. The molecule has 2 bridgehead atoms. The summed E-state index contributed by atoms with van der Waals surface area (Å²) in [5.41, 5.74) is 0.713. The molecule has 2 fully saturated rings. The Balaban J connectivity index is 1.47. The lowest BCUT2D eigenvalue weighted by molar-refractivity contribution is 0.0995. The van der Waals surface area contributed by atoms with Gasteiger partial charge in [0.25, 0.3) is 0 Å². The van der Waals surface area contributed by atoms with Gasteiger partial charge in [-0.1, -0.05) is 23.2 Å². The minimum Gasteiger partial charge on any atom is -0.508 e. The van der Waals surface area contributed by atoms with Gasteiger partial charge in [-0.25, -0.2) is 0 Å². The van der Waals surface area contributed by atoms with Crippen molar-refractivity contribution in [1.29, 1.82) is 0 Å². The average molecular weight is 366 g/mol. The van der Waals surface area contributed by atoms with Gasteiger partial charge in [0.15, 0.2) is 0 Å². The van der Waals surface area contributed by atoms with E-state index < -0.39 is 0 Å². The summed E-state index contributed by atoms with van der Waals surface area (Å²) in [5.74, 6) is 2.58.